The summed E-state index contributed by atoms with van der Waals surface area (Å²) < 4.78 is 12.9. The molecule has 4 atom stereocenters. The van der Waals surface area contributed by atoms with Crippen molar-refractivity contribution in [2.75, 3.05) is 0 Å². The zero-order chi connectivity index (χ0) is 27.3. The number of benzene rings is 2. The lowest BCUT2D eigenvalue weighted by Gasteiger charge is -2.47. The second kappa shape index (κ2) is 9.20. The van der Waals surface area contributed by atoms with Crippen LogP contribution in [0.2, 0.25) is 5.04 Å². The Balaban J connectivity index is 1.57. The van der Waals surface area contributed by atoms with Gasteiger partial charge in [0.2, 0.25) is 0 Å². The van der Waals surface area contributed by atoms with E-state index in [0.717, 1.165) is 10.4 Å². The topological polar surface area (TPSA) is 86.2 Å². The van der Waals surface area contributed by atoms with Crippen LogP contribution in [0.15, 0.2) is 78.0 Å². The molecule has 0 bridgehead atoms. The molecule has 1 saturated carbocycles. The largest absolute Gasteiger partial charge is 0.444 e. The van der Waals surface area contributed by atoms with E-state index in [-0.39, 0.29) is 17.2 Å². The first-order valence-electron chi connectivity index (χ1n) is 13.1. The summed E-state index contributed by atoms with van der Waals surface area (Å²) in [6.07, 6.45) is 2.33. The van der Waals surface area contributed by atoms with Gasteiger partial charge in [-0.25, -0.2) is 4.79 Å². The molecule has 0 aromatic heterocycles. The number of carbonyl (C=O) groups is 2. The van der Waals surface area contributed by atoms with Crippen LogP contribution in [0.1, 0.15) is 48.0 Å². The van der Waals surface area contributed by atoms with Crippen molar-refractivity contribution in [1.82, 2.24) is 5.32 Å². The number of alkyl carbamates (subject to hydrolysis) is 1. The van der Waals surface area contributed by atoms with Crippen molar-refractivity contribution in [3.05, 3.63) is 72.8 Å². The number of hydrogen-bond donors (Lipinski definition) is 1. The van der Waals surface area contributed by atoms with Gasteiger partial charge in [-0.3, -0.25) is 4.79 Å². The molecule has 1 aliphatic heterocycles. The third-order valence-electron chi connectivity index (χ3n) is 7.56. The minimum Gasteiger partial charge on any atom is -0.444 e. The van der Waals surface area contributed by atoms with Gasteiger partial charge in [0.15, 0.2) is 11.9 Å². The second-order valence-electron chi connectivity index (χ2n) is 12.4. The van der Waals surface area contributed by atoms with Gasteiger partial charge in [0.05, 0.1) is 11.5 Å². The van der Waals surface area contributed by atoms with E-state index in [1.165, 1.54) is 0 Å². The molecule has 1 heterocycles. The number of amides is 1. The van der Waals surface area contributed by atoms with Gasteiger partial charge in [-0.15, -0.1) is 0 Å². The number of ketones is 1. The van der Waals surface area contributed by atoms with E-state index in [4.69, 9.17) is 14.0 Å². The molecule has 38 heavy (non-hydrogen) atoms. The monoisotopic (exact) mass is 532 g/mol. The first-order valence-corrected chi connectivity index (χ1v) is 15.0. The standard InChI is InChI=1S/C30H36N2O5Si/c1-28(2,3)35-27(34)31-30-18-17-23(26-24(30)25(32-36-26)22(33)19-30)37-38(29(4,5)6,20-13-9-7-10-14-20)21-15-11-8-12-16-21/h7-18,23-24,26H,19H2,1-6H3,(H,31,34)/t23-,24-,26-,30+/m0/s1. The second-order valence-corrected chi connectivity index (χ2v) is 16.6. The first-order chi connectivity index (χ1) is 17.9. The van der Waals surface area contributed by atoms with Gasteiger partial charge in [-0.05, 0) is 36.2 Å². The van der Waals surface area contributed by atoms with Crippen LogP contribution in [-0.4, -0.2) is 49.3 Å². The molecule has 200 valence electrons. The lowest BCUT2D eigenvalue weighted by atomic mass is 9.76. The summed E-state index contributed by atoms with van der Waals surface area (Å²) in [6, 6.07) is 20.8. The van der Waals surface area contributed by atoms with Crippen molar-refractivity contribution in [3.63, 3.8) is 0 Å². The lowest BCUT2D eigenvalue weighted by Crippen LogP contribution is -2.69. The van der Waals surface area contributed by atoms with E-state index in [1.54, 1.807) is 0 Å². The number of oxime groups is 1. The third-order valence-corrected chi connectivity index (χ3v) is 12.6. The summed E-state index contributed by atoms with van der Waals surface area (Å²) in [5.74, 6) is -0.597. The summed E-state index contributed by atoms with van der Waals surface area (Å²) in [7, 11) is -2.90. The molecule has 7 nitrogen and oxygen atoms in total. The Morgan fingerprint density at radius 1 is 1.00 bits per heavy atom. The molecular formula is C30H36N2O5Si. The molecule has 8 heteroatoms. The molecule has 0 unspecified atom stereocenters. The van der Waals surface area contributed by atoms with Gasteiger partial charge in [0, 0.05) is 6.42 Å². The van der Waals surface area contributed by atoms with E-state index in [2.05, 4.69) is 55.5 Å². The van der Waals surface area contributed by atoms with E-state index in [1.807, 2.05) is 69.3 Å². The van der Waals surface area contributed by atoms with Crippen molar-refractivity contribution in [2.24, 2.45) is 11.1 Å². The maximum atomic E-state index is 13.0. The molecule has 2 aliphatic carbocycles. The van der Waals surface area contributed by atoms with Crippen molar-refractivity contribution in [3.8, 4) is 0 Å². The predicted molar refractivity (Wildman–Crippen MR) is 149 cm³/mol. The molecule has 1 N–H and O–H groups in total. The van der Waals surface area contributed by atoms with E-state index >= 15 is 0 Å². The van der Waals surface area contributed by atoms with Gasteiger partial charge in [0.25, 0.3) is 8.32 Å². The highest BCUT2D eigenvalue weighted by molar-refractivity contribution is 6.99. The van der Waals surface area contributed by atoms with E-state index in [9.17, 15) is 9.59 Å². The number of nitrogens with zero attached hydrogens (tertiary/aromatic N) is 1. The molecule has 5 rings (SSSR count). The Hall–Kier alpha value is -3.23. The fourth-order valence-electron chi connectivity index (χ4n) is 6.07. The minimum absolute atomic E-state index is 0.109. The summed E-state index contributed by atoms with van der Waals surface area (Å²) in [4.78, 5) is 31.8. The lowest BCUT2D eigenvalue weighted by molar-refractivity contribution is -0.113. The van der Waals surface area contributed by atoms with E-state index in [0.29, 0.717) is 5.71 Å². The molecule has 1 fully saturated rings. The minimum atomic E-state index is -2.90. The van der Waals surface area contributed by atoms with Gasteiger partial charge in [-0.2, -0.15) is 0 Å². The third kappa shape index (κ3) is 4.39. The zero-order valence-electron chi connectivity index (χ0n) is 22.9. The van der Waals surface area contributed by atoms with Crippen LogP contribution in [0.5, 0.6) is 0 Å². The fourth-order valence-corrected chi connectivity index (χ4v) is 10.7. The van der Waals surface area contributed by atoms with Crippen LogP contribution >= 0.6 is 0 Å². The van der Waals surface area contributed by atoms with Crippen LogP contribution in [0.25, 0.3) is 0 Å². The highest BCUT2D eigenvalue weighted by Crippen LogP contribution is 2.47. The van der Waals surface area contributed by atoms with Gasteiger partial charge in [0.1, 0.15) is 17.4 Å². The number of rotatable bonds is 5. The number of Topliss-reactive ketones (excluding diaryl/α,β-unsaturated/α-hetero) is 1. The molecule has 1 amide bonds. The fraction of sp³-hybridized carbons (Fsp3) is 0.433. The Kier molecular flexibility index (Phi) is 6.39. The maximum Gasteiger partial charge on any atom is 0.408 e. The van der Waals surface area contributed by atoms with Crippen LogP contribution < -0.4 is 15.7 Å². The maximum absolute atomic E-state index is 13.0. The van der Waals surface area contributed by atoms with Crippen molar-refractivity contribution in [2.45, 2.75) is 76.3 Å². The molecule has 2 aromatic carbocycles. The van der Waals surface area contributed by atoms with Crippen LogP contribution in [0.4, 0.5) is 4.79 Å². The summed E-state index contributed by atoms with van der Waals surface area (Å²) in [6.45, 7) is 12.1. The van der Waals surface area contributed by atoms with Crippen LogP contribution in [-0.2, 0) is 18.8 Å². The van der Waals surface area contributed by atoms with Crippen molar-refractivity contribution < 1.29 is 23.6 Å². The zero-order valence-corrected chi connectivity index (χ0v) is 23.9. The van der Waals surface area contributed by atoms with E-state index < -0.39 is 43.7 Å². The number of ether oxygens (including phenoxy) is 1. The van der Waals surface area contributed by atoms with Gasteiger partial charge >= 0.3 is 6.09 Å². The van der Waals surface area contributed by atoms with Crippen molar-refractivity contribution in [1.29, 1.82) is 0 Å². The molecule has 0 spiro atoms. The average Bonchev–Trinajstić information content (AvgIpc) is 3.40. The average molecular weight is 533 g/mol. The quantitative estimate of drug-likeness (QED) is 0.463. The Morgan fingerprint density at radius 3 is 2.11 bits per heavy atom. The molecule has 3 aliphatic rings. The summed E-state index contributed by atoms with van der Waals surface area (Å²) in [5.41, 5.74) is -1.28. The van der Waals surface area contributed by atoms with Gasteiger partial charge < -0.3 is 19.3 Å². The van der Waals surface area contributed by atoms with Crippen LogP contribution in [0, 0.1) is 5.92 Å². The smallest absolute Gasteiger partial charge is 0.408 e. The predicted octanol–water partition coefficient (Wildman–Crippen LogP) is 4.11. The Labute approximate surface area is 225 Å². The number of hydrogen-bond acceptors (Lipinski definition) is 6. The SMILES string of the molecule is CC(C)(C)OC(=O)N[C@]12C=C[C@H](O[Si](c3ccccc3)(c3ccccc3)C(C)(C)C)[C@@H]3ON=C(C(=O)C1)[C@@H]32. The molecule has 0 radical (unpaired) electrons. The molecular weight excluding hydrogens is 496 g/mol. The summed E-state index contributed by atoms with van der Waals surface area (Å²) in [5, 5.41) is 9.26. The molecule has 2 aromatic rings. The highest BCUT2D eigenvalue weighted by atomic mass is 28.4. The highest BCUT2D eigenvalue weighted by Gasteiger charge is 2.63. The number of carbonyl (C=O) groups excluding carboxylic acids is 2. The normalized spacial score (nSPS) is 26.4. The Bertz CT molecular complexity index is 1240. The molecule has 0 saturated heterocycles. The van der Waals surface area contributed by atoms with Crippen LogP contribution in [0.3, 0.4) is 0 Å². The summed E-state index contributed by atoms with van der Waals surface area (Å²) >= 11 is 0. The number of nitrogens with one attached hydrogen (secondary N) is 1. The van der Waals surface area contributed by atoms with Crippen molar-refractivity contribution >= 4 is 36.3 Å². The first kappa shape index (κ1) is 26.4. The van der Waals surface area contributed by atoms with Gasteiger partial charge in [-0.1, -0.05) is 98.7 Å². The Morgan fingerprint density at radius 2 is 1.58 bits per heavy atom.